The number of carbonyl (C=O) groups excluding carboxylic acids is 2. The third-order valence-electron chi connectivity index (χ3n) is 5.92. The Kier molecular flexibility index (Phi) is 8.05. The van der Waals surface area contributed by atoms with E-state index in [9.17, 15) is 14.4 Å². The average Bonchev–Trinajstić information content (AvgIpc) is 3.33. The molecule has 1 fully saturated rings. The van der Waals surface area contributed by atoms with Gasteiger partial charge in [-0.3, -0.25) is 9.59 Å². The lowest BCUT2D eigenvalue weighted by Crippen LogP contribution is -2.42. The van der Waals surface area contributed by atoms with E-state index in [-0.39, 0.29) is 30.3 Å². The van der Waals surface area contributed by atoms with Crippen LogP contribution in [0.1, 0.15) is 36.1 Å². The van der Waals surface area contributed by atoms with Crippen molar-refractivity contribution < 1.29 is 19.5 Å². The summed E-state index contributed by atoms with van der Waals surface area (Å²) in [6.07, 6.45) is 1.71. The van der Waals surface area contributed by atoms with Gasteiger partial charge in [-0.05, 0) is 48.2 Å². The minimum atomic E-state index is -0.886. The number of carbonyl (C=O) groups is 3. The lowest BCUT2D eigenvalue weighted by Gasteiger charge is -2.31. The highest BCUT2D eigenvalue weighted by Gasteiger charge is 2.38. The highest BCUT2D eigenvalue weighted by Crippen LogP contribution is 2.43. The first-order chi connectivity index (χ1) is 17.0. The quantitative estimate of drug-likeness (QED) is 0.383. The van der Waals surface area contributed by atoms with Crippen LogP contribution in [0, 0.1) is 0 Å². The Morgan fingerprint density at radius 1 is 0.829 bits per heavy atom. The van der Waals surface area contributed by atoms with Crippen molar-refractivity contribution in [3.63, 3.8) is 0 Å². The predicted molar refractivity (Wildman–Crippen MR) is 136 cm³/mol. The van der Waals surface area contributed by atoms with Crippen LogP contribution in [0.25, 0.3) is 0 Å². The topological polar surface area (TPSA) is 98.7 Å². The van der Waals surface area contributed by atoms with E-state index in [1.54, 1.807) is 24.3 Å². The van der Waals surface area contributed by atoms with Crippen LogP contribution in [0.3, 0.4) is 0 Å². The molecule has 0 bridgehead atoms. The van der Waals surface area contributed by atoms with Crippen molar-refractivity contribution >= 4 is 35.4 Å². The van der Waals surface area contributed by atoms with Gasteiger partial charge in [-0.1, -0.05) is 60.7 Å². The number of thioether (sulfide) groups is 1. The second kappa shape index (κ2) is 11.6. The number of nitrogens with zero attached hydrogens (tertiary/aromatic N) is 1. The number of carboxylic acids is 1. The summed E-state index contributed by atoms with van der Waals surface area (Å²) in [5.74, 6) is -1.05. The van der Waals surface area contributed by atoms with Gasteiger partial charge >= 0.3 is 12.0 Å². The summed E-state index contributed by atoms with van der Waals surface area (Å²) in [5, 5.41) is 14.2. The largest absolute Gasteiger partial charge is 0.481 e. The molecule has 0 aliphatic carbocycles. The number of likely N-dealkylation sites (tertiary alicyclic amines) is 1. The molecule has 2 atom stereocenters. The number of benzene rings is 3. The number of hydrogen-bond donors (Lipinski definition) is 3. The summed E-state index contributed by atoms with van der Waals surface area (Å²) in [6.45, 7) is -0.120. The summed E-state index contributed by atoms with van der Waals surface area (Å²) in [7, 11) is 0. The predicted octanol–water partition coefficient (Wildman–Crippen LogP) is 5.09. The van der Waals surface area contributed by atoms with Crippen molar-refractivity contribution in [3.05, 3.63) is 96.1 Å². The van der Waals surface area contributed by atoms with E-state index in [1.165, 1.54) is 11.8 Å². The molecule has 1 saturated heterocycles. The van der Waals surface area contributed by atoms with Gasteiger partial charge in [0, 0.05) is 10.6 Å². The second-order valence-corrected chi connectivity index (χ2v) is 9.29. The minimum absolute atomic E-state index is 0.0280. The van der Waals surface area contributed by atoms with Gasteiger partial charge in [0.15, 0.2) is 0 Å². The first-order valence-corrected chi connectivity index (χ1v) is 12.4. The third-order valence-corrected chi connectivity index (χ3v) is 6.91. The van der Waals surface area contributed by atoms with Crippen LogP contribution >= 0.6 is 11.8 Å². The maximum absolute atomic E-state index is 13.4. The number of carboxylic acid groups (broad SMARTS) is 1. The maximum atomic E-state index is 13.4. The van der Waals surface area contributed by atoms with Crippen LogP contribution in [-0.2, 0) is 9.59 Å². The molecule has 0 saturated carbocycles. The molecule has 7 nitrogen and oxygen atoms in total. The Bertz CT molecular complexity index is 1110. The van der Waals surface area contributed by atoms with Crippen LogP contribution < -0.4 is 10.6 Å². The maximum Gasteiger partial charge on any atom is 0.319 e. The fraction of sp³-hybridized carbons (Fsp3) is 0.222. The number of hydrogen-bond acceptors (Lipinski definition) is 4. The zero-order valence-corrected chi connectivity index (χ0v) is 19.9. The summed E-state index contributed by atoms with van der Waals surface area (Å²) < 4.78 is 0. The summed E-state index contributed by atoms with van der Waals surface area (Å²) in [4.78, 5) is 39.2. The van der Waals surface area contributed by atoms with Gasteiger partial charge in [-0.15, -0.1) is 11.8 Å². The SMILES string of the molecule is O=C(O)CSc1ccc(NC(=O)NCC(=O)N2C(c3ccccc3)CCC2c2ccccc2)cc1. The first-order valence-electron chi connectivity index (χ1n) is 11.4. The molecule has 3 N–H and O–H groups in total. The summed E-state index contributed by atoms with van der Waals surface area (Å²) in [5.41, 5.74) is 2.73. The van der Waals surface area contributed by atoms with E-state index in [4.69, 9.17) is 5.11 Å². The van der Waals surface area contributed by atoms with Gasteiger partial charge < -0.3 is 20.6 Å². The monoisotopic (exact) mass is 489 g/mol. The molecular formula is C27H27N3O4S. The van der Waals surface area contributed by atoms with E-state index in [0.717, 1.165) is 28.9 Å². The van der Waals surface area contributed by atoms with E-state index >= 15 is 0 Å². The molecule has 2 unspecified atom stereocenters. The Labute approximate surface area is 208 Å². The molecule has 0 radical (unpaired) electrons. The lowest BCUT2D eigenvalue weighted by molar-refractivity contribution is -0.134. The zero-order valence-electron chi connectivity index (χ0n) is 19.1. The molecule has 1 aliphatic rings. The molecule has 3 amide bonds. The zero-order chi connectivity index (χ0) is 24.6. The molecule has 1 heterocycles. The Balaban J connectivity index is 1.39. The number of anilines is 1. The van der Waals surface area contributed by atoms with Gasteiger partial charge in [0.05, 0.1) is 24.4 Å². The van der Waals surface area contributed by atoms with Crippen molar-refractivity contribution in [1.29, 1.82) is 0 Å². The fourth-order valence-corrected chi connectivity index (χ4v) is 4.98. The molecule has 0 spiro atoms. The standard InChI is InChI=1S/C27H27N3O4S/c31-25(17-28-27(34)29-21-11-13-22(14-12-21)35-18-26(32)33)30-23(19-7-3-1-4-8-19)15-16-24(30)20-9-5-2-6-10-20/h1-14,23-24H,15-18H2,(H,32,33)(H2,28,29,34). The number of aliphatic carboxylic acids is 1. The van der Waals surface area contributed by atoms with E-state index < -0.39 is 12.0 Å². The molecular weight excluding hydrogens is 462 g/mol. The van der Waals surface area contributed by atoms with Crippen molar-refractivity contribution in [2.45, 2.75) is 29.8 Å². The van der Waals surface area contributed by atoms with Gasteiger partial charge in [0.1, 0.15) is 0 Å². The van der Waals surface area contributed by atoms with Crippen LogP contribution in [0.15, 0.2) is 89.8 Å². The van der Waals surface area contributed by atoms with E-state index in [1.807, 2.05) is 65.6 Å². The minimum Gasteiger partial charge on any atom is -0.481 e. The fourth-order valence-electron chi connectivity index (χ4n) is 4.37. The van der Waals surface area contributed by atoms with Crippen LogP contribution in [0.4, 0.5) is 10.5 Å². The Hall–Kier alpha value is -3.78. The van der Waals surface area contributed by atoms with Crippen molar-refractivity contribution in [3.8, 4) is 0 Å². The van der Waals surface area contributed by atoms with E-state index in [2.05, 4.69) is 10.6 Å². The third kappa shape index (κ3) is 6.42. The van der Waals surface area contributed by atoms with Gasteiger partial charge in [0.25, 0.3) is 0 Å². The molecule has 8 heteroatoms. The van der Waals surface area contributed by atoms with Gasteiger partial charge in [0.2, 0.25) is 5.91 Å². The molecule has 1 aliphatic heterocycles. The highest BCUT2D eigenvalue weighted by molar-refractivity contribution is 8.00. The summed E-state index contributed by atoms with van der Waals surface area (Å²) in [6, 6.07) is 26.3. The van der Waals surface area contributed by atoms with Crippen LogP contribution in [-0.4, -0.2) is 40.2 Å². The molecule has 4 rings (SSSR count). The van der Waals surface area contributed by atoms with Crippen molar-refractivity contribution in [2.75, 3.05) is 17.6 Å². The number of nitrogens with one attached hydrogen (secondary N) is 2. The van der Waals surface area contributed by atoms with Gasteiger partial charge in [-0.2, -0.15) is 0 Å². The summed E-state index contributed by atoms with van der Waals surface area (Å²) >= 11 is 1.20. The average molecular weight is 490 g/mol. The lowest BCUT2D eigenvalue weighted by atomic mass is 10.0. The van der Waals surface area contributed by atoms with Crippen molar-refractivity contribution in [1.82, 2.24) is 10.2 Å². The molecule has 3 aromatic carbocycles. The Morgan fingerprint density at radius 3 is 1.89 bits per heavy atom. The second-order valence-electron chi connectivity index (χ2n) is 8.25. The van der Waals surface area contributed by atoms with E-state index in [0.29, 0.717) is 5.69 Å². The molecule has 35 heavy (non-hydrogen) atoms. The highest BCUT2D eigenvalue weighted by atomic mass is 32.2. The van der Waals surface area contributed by atoms with Crippen LogP contribution in [0.5, 0.6) is 0 Å². The number of rotatable bonds is 8. The smallest absolute Gasteiger partial charge is 0.319 e. The van der Waals surface area contributed by atoms with Crippen molar-refractivity contribution in [2.24, 2.45) is 0 Å². The van der Waals surface area contributed by atoms with Crippen LogP contribution in [0.2, 0.25) is 0 Å². The normalized spacial score (nSPS) is 17.1. The molecule has 0 aromatic heterocycles. The first kappa shape index (κ1) is 24.3. The number of amides is 3. The molecule has 180 valence electrons. The van der Waals surface area contributed by atoms with Gasteiger partial charge in [-0.25, -0.2) is 4.79 Å². The molecule has 3 aromatic rings. The Morgan fingerprint density at radius 2 is 1.37 bits per heavy atom. The number of urea groups is 1.